The van der Waals surface area contributed by atoms with Crippen LogP contribution in [0.25, 0.3) is 0 Å². The van der Waals surface area contributed by atoms with E-state index in [1.54, 1.807) is 0 Å². The maximum Gasteiger partial charge on any atom is 0.256 e. The highest BCUT2D eigenvalue weighted by Gasteiger charge is 2.36. The summed E-state index contributed by atoms with van der Waals surface area (Å²) in [5.41, 5.74) is -0.509. The second-order valence-electron chi connectivity index (χ2n) is 4.07. The van der Waals surface area contributed by atoms with E-state index in [0.29, 0.717) is 0 Å². The molecule has 0 spiro atoms. The van der Waals surface area contributed by atoms with Gasteiger partial charge >= 0.3 is 0 Å². The van der Waals surface area contributed by atoms with Gasteiger partial charge in [0.2, 0.25) is 5.91 Å². The van der Waals surface area contributed by atoms with Crippen LogP contribution in [0.2, 0.25) is 0 Å². The molecular weight excluding hydrogens is 306 g/mol. The first-order valence-corrected chi connectivity index (χ1v) is 7.03. The molecule has 1 aromatic rings. The lowest BCUT2D eigenvalue weighted by molar-refractivity contribution is -0.125. The van der Waals surface area contributed by atoms with Gasteiger partial charge in [-0.2, -0.15) is 0 Å². The van der Waals surface area contributed by atoms with Gasteiger partial charge < -0.3 is 5.32 Å². The Kier molecular flexibility index (Phi) is 4.34. The number of carbonyl (C=O) groups is 2. The van der Waals surface area contributed by atoms with E-state index in [-0.39, 0.29) is 10.1 Å². The molecule has 1 saturated heterocycles. The summed E-state index contributed by atoms with van der Waals surface area (Å²) in [6.45, 7) is 1.26. The minimum atomic E-state index is -0.884. The minimum absolute atomic E-state index is 0.0561. The molecule has 2 amide bonds. The van der Waals surface area contributed by atoms with Crippen molar-refractivity contribution in [3.05, 3.63) is 29.8 Å². The van der Waals surface area contributed by atoms with Gasteiger partial charge in [0.25, 0.3) is 5.91 Å². The van der Waals surface area contributed by atoms with Crippen molar-refractivity contribution in [3.8, 4) is 0 Å². The maximum absolute atomic E-state index is 13.8. The van der Waals surface area contributed by atoms with Crippen molar-refractivity contribution in [2.45, 2.75) is 13.0 Å². The van der Waals surface area contributed by atoms with E-state index in [1.807, 2.05) is 0 Å². The summed E-state index contributed by atoms with van der Waals surface area (Å²) >= 11 is 6.07. The average molecular weight is 316 g/mol. The van der Waals surface area contributed by atoms with Crippen LogP contribution < -0.4 is 10.2 Å². The van der Waals surface area contributed by atoms with Crippen LogP contribution in [0, 0.1) is 11.6 Å². The molecule has 1 N–H and O–H groups in total. The number of benzene rings is 1. The number of nitrogens with zero attached hydrogens (tertiary/aromatic N) is 1. The Bertz CT molecular complexity index is 575. The highest BCUT2D eigenvalue weighted by Crippen LogP contribution is 2.30. The predicted molar refractivity (Wildman–Crippen MR) is 76.5 cm³/mol. The Morgan fingerprint density at radius 2 is 2.05 bits per heavy atom. The molecule has 1 aromatic carbocycles. The average Bonchev–Trinajstić information content (AvgIpc) is 2.36. The van der Waals surface area contributed by atoms with Gasteiger partial charge in [-0.15, -0.1) is 0 Å². The van der Waals surface area contributed by atoms with Gasteiger partial charge in [0.15, 0.2) is 0 Å². The van der Waals surface area contributed by atoms with E-state index in [2.05, 4.69) is 5.32 Å². The number of thiocarbonyl (C=S) groups is 1. The van der Waals surface area contributed by atoms with E-state index in [4.69, 9.17) is 12.2 Å². The number of anilines is 1. The van der Waals surface area contributed by atoms with Crippen molar-refractivity contribution in [2.24, 2.45) is 0 Å². The zero-order chi connectivity index (χ0) is 14.9. The Balaban J connectivity index is 2.40. The molecule has 1 heterocycles. The number of amides is 2. The van der Waals surface area contributed by atoms with Crippen LogP contribution in [-0.4, -0.2) is 27.9 Å². The SMILES string of the molecule is CC(=O)NC1CSC(=S)N(c2c(F)cccc2F)C1=O. The molecule has 0 saturated carbocycles. The lowest BCUT2D eigenvalue weighted by Gasteiger charge is -2.32. The van der Waals surface area contributed by atoms with Crippen molar-refractivity contribution in [2.75, 3.05) is 10.7 Å². The number of thioether (sulfide) groups is 1. The molecule has 1 atom stereocenters. The van der Waals surface area contributed by atoms with Crippen LogP contribution in [0.3, 0.4) is 0 Å². The van der Waals surface area contributed by atoms with E-state index >= 15 is 0 Å². The largest absolute Gasteiger partial charge is 0.344 e. The number of para-hydroxylation sites is 1. The number of hydrogen-bond acceptors (Lipinski definition) is 4. The highest BCUT2D eigenvalue weighted by molar-refractivity contribution is 8.23. The minimum Gasteiger partial charge on any atom is -0.344 e. The van der Waals surface area contributed by atoms with Crippen LogP contribution in [-0.2, 0) is 9.59 Å². The first-order chi connectivity index (χ1) is 9.41. The second kappa shape index (κ2) is 5.84. The van der Waals surface area contributed by atoms with E-state index in [0.717, 1.165) is 28.8 Å². The molecule has 0 aromatic heterocycles. The third kappa shape index (κ3) is 2.80. The topological polar surface area (TPSA) is 49.4 Å². The fourth-order valence-corrected chi connectivity index (χ4v) is 3.02. The first-order valence-electron chi connectivity index (χ1n) is 5.63. The molecule has 8 heteroatoms. The van der Waals surface area contributed by atoms with Crippen molar-refractivity contribution in [1.82, 2.24) is 5.32 Å². The Morgan fingerprint density at radius 3 is 2.60 bits per heavy atom. The van der Waals surface area contributed by atoms with Gasteiger partial charge in [0.05, 0.1) is 0 Å². The number of hydrogen-bond donors (Lipinski definition) is 1. The van der Waals surface area contributed by atoms with E-state index in [9.17, 15) is 18.4 Å². The Morgan fingerprint density at radius 1 is 1.45 bits per heavy atom. The molecule has 0 bridgehead atoms. The molecule has 2 rings (SSSR count). The van der Waals surface area contributed by atoms with E-state index in [1.165, 1.54) is 13.0 Å². The summed E-state index contributed by atoms with van der Waals surface area (Å²) in [6.07, 6.45) is 0. The Labute approximate surface area is 123 Å². The molecule has 0 radical (unpaired) electrons. The number of carbonyl (C=O) groups excluding carboxylic acids is 2. The standard InChI is InChI=1S/C12H10F2N2O2S2/c1-6(17)15-9-5-20-12(19)16(11(9)18)10-7(13)3-2-4-8(10)14/h2-4,9H,5H2,1H3,(H,15,17). The van der Waals surface area contributed by atoms with Crippen LogP contribution in [0.4, 0.5) is 14.5 Å². The van der Waals surface area contributed by atoms with Crippen LogP contribution in [0.15, 0.2) is 18.2 Å². The molecule has 20 heavy (non-hydrogen) atoms. The summed E-state index contributed by atoms with van der Waals surface area (Å²) in [5.74, 6) is -2.57. The Hall–Kier alpha value is -1.54. The van der Waals surface area contributed by atoms with Gasteiger partial charge in [0.1, 0.15) is 27.7 Å². The zero-order valence-electron chi connectivity index (χ0n) is 10.4. The van der Waals surface area contributed by atoms with Gasteiger partial charge in [-0.25, -0.2) is 8.78 Å². The predicted octanol–water partition coefficient (Wildman–Crippen LogP) is 1.83. The molecule has 1 aliphatic rings. The fraction of sp³-hybridized carbons (Fsp3) is 0.250. The normalized spacial score (nSPS) is 19.1. The van der Waals surface area contributed by atoms with Crippen molar-refractivity contribution in [1.29, 1.82) is 0 Å². The number of rotatable bonds is 2. The smallest absolute Gasteiger partial charge is 0.256 e. The second-order valence-corrected chi connectivity index (χ2v) is 5.73. The molecular formula is C12H10F2N2O2S2. The van der Waals surface area contributed by atoms with Gasteiger partial charge in [-0.05, 0) is 12.1 Å². The lowest BCUT2D eigenvalue weighted by Crippen LogP contribution is -2.54. The number of halogens is 2. The lowest BCUT2D eigenvalue weighted by atomic mass is 10.2. The van der Waals surface area contributed by atoms with Crippen LogP contribution >= 0.6 is 24.0 Å². The fourth-order valence-electron chi connectivity index (χ4n) is 1.79. The van der Waals surface area contributed by atoms with Crippen LogP contribution in [0.5, 0.6) is 0 Å². The molecule has 4 nitrogen and oxygen atoms in total. The quantitative estimate of drug-likeness (QED) is 0.846. The summed E-state index contributed by atoms with van der Waals surface area (Å²) < 4.78 is 27.6. The van der Waals surface area contributed by atoms with Gasteiger partial charge in [-0.1, -0.05) is 30.0 Å². The highest BCUT2D eigenvalue weighted by atomic mass is 32.2. The van der Waals surface area contributed by atoms with Gasteiger partial charge in [0, 0.05) is 12.7 Å². The summed E-state index contributed by atoms with van der Waals surface area (Å²) in [5, 5.41) is 2.44. The van der Waals surface area contributed by atoms with Crippen molar-refractivity contribution in [3.63, 3.8) is 0 Å². The molecule has 1 fully saturated rings. The molecule has 0 aliphatic carbocycles. The first kappa shape index (κ1) is 14.9. The third-order valence-corrected chi connectivity index (χ3v) is 4.08. The summed E-state index contributed by atoms with van der Waals surface area (Å²) in [4.78, 5) is 24.1. The van der Waals surface area contributed by atoms with Crippen LogP contribution in [0.1, 0.15) is 6.92 Å². The summed E-state index contributed by atoms with van der Waals surface area (Å²) in [6, 6.07) is 2.43. The monoisotopic (exact) mass is 316 g/mol. The molecule has 1 aliphatic heterocycles. The summed E-state index contributed by atoms with van der Waals surface area (Å²) in [7, 11) is 0. The van der Waals surface area contributed by atoms with Gasteiger partial charge in [-0.3, -0.25) is 14.5 Å². The zero-order valence-corrected chi connectivity index (χ0v) is 12.0. The van der Waals surface area contributed by atoms with Crippen molar-refractivity contribution >= 4 is 45.8 Å². The molecule has 106 valence electrons. The van der Waals surface area contributed by atoms with Crippen molar-refractivity contribution < 1.29 is 18.4 Å². The maximum atomic E-state index is 13.8. The van der Waals surface area contributed by atoms with E-state index < -0.39 is 35.2 Å². The third-order valence-electron chi connectivity index (χ3n) is 2.61. The number of nitrogens with one attached hydrogen (secondary N) is 1. The molecule has 1 unspecified atom stereocenters.